The molecule has 100 valence electrons. The van der Waals surface area contributed by atoms with Crippen LogP contribution in [0.4, 0.5) is 0 Å². The van der Waals surface area contributed by atoms with Crippen LogP contribution in [0.15, 0.2) is 0 Å². The van der Waals surface area contributed by atoms with Crippen LogP contribution in [0, 0.1) is 11.8 Å². The zero-order valence-electron chi connectivity index (χ0n) is 10.9. The van der Waals surface area contributed by atoms with E-state index in [-0.39, 0.29) is 11.8 Å². The average molecular weight is 260 g/mol. The van der Waals surface area contributed by atoms with E-state index >= 15 is 0 Å². The smallest absolute Gasteiger partial charge is 0.215 e. The fourth-order valence-electron chi connectivity index (χ4n) is 2.54. The van der Waals surface area contributed by atoms with Gasteiger partial charge in [0.05, 0.1) is 5.75 Å². The molecule has 0 aromatic heterocycles. The van der Waals surface area contributed by atoms with Gasteiger partial charge in [0, 0.05) is 19.6 Å². The molecule has 0 radical (unpaired) electrons. The van der Waals surface area contributed by atoms with Gasteiger partial charge in [-0.1, -0.05) is 13.3 Å². The van der Waals surface area contributed by atoms with Crippen LogP contribution in [0.3, 0.4) is 0 Å². The minimum Gasteiger partial charge on any atom is -0.313 e. The first-order chi connectivity index (χ1) is 7.99. The Balaban J connectivity index is 1.83. The van der Waals surface area contributed by atoms with Gasteiger partial charge in [-0.2, -0.15) is 0 Å². The second-order valence-electron chi connectivity index (χ2n) is 5.68. The molecule has 1 aliphatic carbocycles. The van der Waals surface area contributed by atoms with E-state index in [2.05, 4.69) is 12.2 Å². The summed E-state index contributed by atoms with van der Waals surface area (Å²) in [7, 11) is -1.34. The number of rotatable bonds is 5. The Morgan fingerprint density at radius 3 is 2.59 bits per heavy atom. The van der Waals surface area contributed by atoms with Crippen LogP contribution in [-0.4, -0.2) is 44.7 Å². The van der Waals surface area contributed by atoms with Crippen LogP contribution in [0.1, 0.15) is 32.6 Å². The maximum Gasteiger partial charge on any atom is 0.215 e. The standard InChI is InChI=1S/C12H24N2O2S/c1-10-7-11(10)8-14(2)17(15,16)9-12-5-3-4-6-13-12/h10-13H,3-9H2,1-2H3. The van der Waals surface area contributed by atoms with E-state index in [0.29, 0.717) is 18.4 Å². The molecular weight excluding hydrogens is 236 g/mol. The fraction of sp³-hybridized carbons (Fsp3) is 1.00. The molecule has 2 rings (SSSR count). The van der Waals surface area contributed by atoms with E-state index in [4.69, 9.17) is 0 Å². The molecule has 1 saturated carbocycles. The third-order valence-corrected chi connectivity index (χ3v) is 5.99. The number of hydrogen-bond donors (Lipinski definition) is 1. The Hall–Kier alpha value is -0.130. The van der Waals surface area contributed by atoms with E-state index < -0.39 is 10.0 Å². The molecular formula is C12H24N2O2S. The number of nitrogens with zero attached hydrogens (tertiary/aromatic N) is 1. The highest BCUT2D eigenvalue weighted by Gasteiger charge is 2.36. The SMILES string of the molecule is CC1CC1CN(C)S(=O)(=O)CC1CCCCN1. The first kappa shape index (κ1) is 13.3. The highest BCUT2D eigenvalue weighted by atomic mass is 32.2. The van der Waals surface area contributed by atoms with E-state index in [1.54, 1.807) is 11.4 Å². The molecule has 1 aliphatic heterocycles. The fourth-order valence-corrected chi connectivity index (χ4v) is 4.01. The predicted octanol–water partition coefficient (Wildman–Crippen LogP) is 1.05. The minimum atomic E-state index is -3.07. The second-order valence-corrected chi connectivity index (χ2v) is 7.80. The predicted molar refractivity (Wildman–Crippen MR) is 69.3 cm³/mol. The van der Waals surface area contributed by atoms with Crippen molar-refractivity contribution in [2.45, 2.75) is 38.6 Å². The molecule has 5 heteroatoms. The maximum atomic E-state index is 12.2. The Kier molecular flexibility index (Phi) is 4.10. The van der Waals surface area contributed by atoms with Gasteiger partial charge in [-0.3, -0.25) is 0 Å². The van der Waals surface area contributed by atoms with Gasteiger partial charge in [0.1, 0.15) is 0 Å². The Morgan fingerprint density at radius 2 is 2.06 bits per heavy atom. The molecule has 1 heterocycles. The molecule has 0 spiro atoms. The molecule has 2 fully saturated rings. The maximum absolute atomic E-state index is 12.2. The van der Waals surface area contributed by atoms with Gasteiger partial charge in [0.2, 0.25) is 10.0 Å². The molecule has 0 bridgehead atoms. The average Bonchev–Trinajstić information content (AvgIpc) is 2.95. The van der Waals surface area contributed by atoms with E-state index in [1.807, 2.05) is 0 Å². The summed E-state index contributed by atoms with van der Waals surface area (Å²) in [5.74, 6) is 1.57. The van der Waals surface area contributed by atoms with Crippen molar-refractivity contribution in [1.82, 2.24) is 9.62 Å². The molecule has 0 aromatic rings. The summed E-state index contributed by atoms with van der Waals surface area (Å²) in [6.07, 6.45) is 4.50. The van der Waals surface area contributed by atoms with Gasteiger partial charge in [-0.25, -0.2) is 12.7 Å². The summed E-state index contributed by atoms with van der Waals surface area (Å²) >= 11 is 0. The zero-order valence-corrected chi connectivity index (χ0v) is 11.7. The van der Waals surface area contributed by atoms with Crippen LogP contribution in [0.5, 0.6) is 0 Å². The van der Waals surface area contributed by atoms with Gasteiger partial charge in [-0.05, 0) is 37.6 Å². The van der Waals surface area contributed by atoms with E-state index in [0.717, 1.165) is 19.4 Å². The van der Waals surface area contributed by atoms with Crippen molar-refractivity contribution in [3.05, 3.63) is 0 Å². The highest BCUT2D eigenvalue weighted by molar-refractivity contribution is 7.89. The van der Waals surface area contributed by atoms with Crippen molar-refractivity contribution in [3.8, 4) is 0 Å². The van der Waals surface area contributed by atoms with Crippen LogP contribution in [-0.2, 0) is 10.0 Å². The molecule has 3 unspecified atom stereocenters. The molecule has 2 aliphatic rings. The third kappa shape index (κ3) is 3.66. The molecule has 1 saturated heterocycles. The lowest BCUT2D eigenvalue weighted by atomic mass is 10.1. The lowest BCUT2D eigenvalue weighted by Crippen LogP contribution is -2.43. The number of piperidine rings is 1. The van der Waals surface area contributed by atoms with Crippen molar-refractivity contribution < 1.29 is 8.42 Å². The quantitative estimate of drug-likeness (QED) is 0.804. The normalized spacial score (nSPS) is 33.9. The molecule has 4 nitrogen and oxygen atoms in total. The zero-order chi connectivity index (χ0) is 12.5. The van der Waals surface area contributed by atoms with Crippen LogP contribution in [0.25, 0.3) is 0 Å². The summed E-state index contributed by atoms with van der Waals surface area (Å²) < 4.78 is 25.9. The summed E-state index contributed by atoms with van der Waals surface area (Å²) in [5.41, 5.74) is 0. The molecule has 3 atom stereocenters. The highest BCUT2D eigenvalue weighted by Crippen LogP contribution is 2.38. The monoisotopic (exact) mass is 260 g/mol. The summed E-state index contributed by atoms with van der Waals surface area (Å²) in [5, 5.41) is 3.30. The molecule has 0 aromatic carbocycles. The Bertz CT molecular complexity index is 350. The van der Waals surface area contributed by atoms with Crippen molar-refractivity contribution in [2.75, 3.05) is 25.9 Å². The number of hydrogen-bond acceptors (Lipinski definition) is 3. The van der Waals surface area contributed by atoms with Crippen LogP contribution >= 0.6 is 0 Å². The van der Waals surface area contributed by atoms with Crippen LogP contribution < -0.4 is 5.32 Å². The number of nitrogens with one attached hydrogen (secondary N) is 1. The Morgan fingerprint density at radius 1 is 1.35 bits per heavy atom. The largest absolute Gasteiger partial charge is 0.313 e. The van der Waals surface area contributed by atoms with Gasteiger partial charge in [-0.15, -0.1) is 0 Å². The van der Waals surface area contributed by atoms with Crippen molar-refractivity contribution in [1.29, 1.82) is 0 Å². The molecule has 1 N–H and O–H groups in total. The summed E-state index contributed by atoms with van der Waals surface area (Å²) in [4.78, 5) is 0. The topological polar surface area (TPSA) is 49.4 Å². The van der Waals surface area contributed by atoms with Crippen molar-refractivity contribution in [3.63, 3.8) is 0 Å². The van der Waals surface area contributed by atoms with Gasteiger partial charge in [0.25, 0.3) is 0 Å². The van der Waals surface area contributed by atoms with Crippen LogP contribution in [0.2, 0.25) is 0 Å². The first-order valence-electron chi connectivity index (χ1n) is 6.66. The van der Waals surface area contributed by atoms with Gasteiger partial charge < -0.3 is 5.32 Å². The van der Waals surface area contributed by atoms with E-state index in [1.165, 1.54) is 12.8 Å². The summed E-state index contributed by atoms with van der Waals surface area (Å²) in [6, 6.07) is 0.160. The second kappa shape index (κ2) is 5.24. The summed E-state index contributed by atoms with van der Waals surface area (Å²) in [6.45, 7) is 3.85. The van der Waals surface area contributed by atoms with Gasteiger partial charge in [0.15, 0.2) is 0 Å². The molecule has 17 heavy (non-hydrogen) atoms. The van der Waals surface area contributed by atoms with E-state index in [9.17, 15) is 8.42 Å². The van der Waals surface area contributed by atoms with Crippen molar-refractivity contribution >= 4 is 10.0 Å². The minimum absolute atomic E-state index is 0.160. The first-order valence-corrected chi connectivity index (χ1v) is 8.27. The lowest BCUT2D eigenvalue weighted by Gasteiger charge is -2.26. The molecule has 0 amide bonds. The van der Waals surface area contributed by atoms with Gasteiger partial charge >= 0.3 is 0 Å². The lowest BCUT2D eigenvalue weighted by molar-refractivity contribution is 0.403. The number of sulfonamides is 1. The Labute approximate surface area is 105 Å². The third-order valence-electron chi connectivity index (χ3n) is 4.07. The van der Waals surface area contributed by atoms with Crippen molar-refractivity contribution in [2.24, 2.45) is 11.8 Å².